The highest BCUT2D eigenvalue weighted by Gasteiger charge is 2.10. The molecule has 2 rings (SSSR count). The zero-order valence-corrected chi connectivity index (χ0v) is 11.5. The first-order valence-electron chi connectivity index (χ1n) is 6.47. The molecule has 1 unspecified atom stereocenters. The van der Waals surface area contributed by atoms with E-state index in [4.69, 9.17) is 15.2 Å². The van der Waals surface area contributed by atoms with E-state index in [0.29, 0.717) is 18.1 Å². The largest absolute Gasteiger partial charge is 0.493 e. The smallest absolute Gasteiger partial charge is 0.161 e. The maximum Gasteiger partial charge on any atom is 0.161 e. The summed E-state index contributed by atoms with van der Waals surface area (Å²) in [6.07, 6.45) is -0.688. The van der Waals surface area contributed by atoms with Crippen LogP contribution in [-0.4, -0.2) is 18.8 Å². The van der Waals surface area contributed by atoms with E-state index in [-0.39, 0.29) is 6.54 Å². The van der Waals surface area contributed by atoms with Crippen LogP contribution in [0.1, 0.15) is 17.2 Å². The molecule has 4 nitrogen and oxygen atoms in total. The highest BCUT2D eigenvalue weighted by atomic mass is 16.5. The molecule has 0 aliphatic rings. The molecule has 0 fully saturated rings. The van der Waals surface area contributed by atoms with Gasteiger partial charge in [0.25, 0.3) is 0 Å². The fourth-order valence-electron chi connectivity index (χ4n) is 1.88. The van der Waals surface area contributed by atoms with Gasteiger partial charge in [-0.15, -0.1) is 0 Å². The summed E-state index contributed by atoms with van der Waals surface area (Å²) >= 11 is 0. The van der Waals surface area contributed by atoms with Crippen molar-refractivity contribution in [1.82, 2.24) is 0 Å². The van der Waals surface area contributed by atoms with E-state index in [1.165, 1.54) is 0 Å². The highest BCUT2D eigenvalue weighted by molar-refractivity contribution is 5.43. The third kappa shape index (κ3) is 3.50. The monoisotopic (exact) mass is 273 g/mol. The molecule has 0 saturated heterocycles. The summed E-state index contributed by atoms with van der Waals surface area (Å²) in [4.78, 5) is 0. The molecular formula is C16H19NO3. The molecule has 0 bridgehead atoms. The molecule has 20 heavy (non-hydrogen) atoms. The third-order valence-electron chi connectivity index (χ3n) is 3.03. The van der Waals surface area contributed by atoms with Gasteiger partial charge in [-0.2, -0.15) is 0 Å². The van der Waals surface area contributed by atoms with Crippen LogP contribution < -0.4 is 15.2 Å². The second-order valence-electron chi connectivity index (χ2n) is 4.44. The molecule has 2 aromatic rings. The topological polar surface area (TPSA) is 64.7 Å². The number of nitrogens with two attached hydrogens (primary N) is 1. The number of benzene rings is 2. The Hall–Kier alpha value is -2.04. The Morgan fingerprint density at radius 2 is 1.85 bits per heavy atom. The van der Waals surface area contributed by atoms with Crippen LogP contribution in [0.2, 0.25) is 0 Å². The van der Waals surface area contributed by atoms with Crippen LogP contribution in [0.5, 0.6) is 11.5 Å². The minimum Gasteiger partial charge on any atom is -0.493 e. The number of ether oxygens (including phenoxy) is 2. The van der Waals surface area contributed by atoms with Gasteiger partial charge in [0.1, 0.15) is 6.61 Å². The molecule has 0 radical (unpaired) electrons. The Kier molecular flexibility index (Phi) is 4.98. The van der Waals surface area contributed by atoms with Gasteiger partial charge in [0.2, 0.25) is 0 Å². The third-order valence-corrected chi connectivity index (χ3v) is 3.03. The van der Waals surface area contributed by atoms with E-state index >= 15 is 0 Å². The lowest BCUT2D eigenvalue weighted by molar-refractivity contribution is 0.186. The van der Waals surface area contributed by atoms with Crippen LogP contribution in [0.4, 0.5) is 0 Å². The van der Waals surface area contributed by atoms with Gasteiger partial charge < -0.3 is 20.3 Å². The second kappa shape index (κ2) is 6.93. The van der Waals surface area contributed by atoms with Crippen molar-refractivity contribution in [3.8, 4) is 11.5 Å². The summed E-state index contributed by atoms with van der Waals surface area (Å²) in [5.74, 6) is 1.23. The van der Waals surface area contributed by atoms with Crippen molar-refractivity contribution in [1.29, 1.82) is 0 Å². The summed E-state index contributed by atoms with van der Waals surface area (Å²) in [5.41, 5.74) is 7.25. The van der Waals surface area contributed by atoms with Gasteiger partial charge in [0.05, 0.1) is 13.2 Å². The molecule has 3 N–H and O–H groups in total. The molecule has 4 heteroatoms. The summed E-state index contributed by atoms with van der Waals surface area (Å²) in [6, 6.07) is 15.2. The van der Waals surface area contributed by atoms with Crippen molar-refractivity contribution in [3.05, 3.63) is 59.7 Å². The normalized spacial score (nSPS) is 11.9. The van der Waals surface area contributed by atoms with Crippen LogP contribution in [0, 0.1) is 0 Å². The lowest BCUT2D eigenvalue weighted by Gasteiger charge is -2.14. The van der Waals surface area contributed by atoms with Crippen LogP contribution in [0.15, 0.2) is 48.5 Å². The zero-order chi connectivity index (χ0) is 14.4. The first-order valence-corrected chi connectivity index (χ1v) is 6.47. The predicted octanol–water partition coefficient (Wildman–Crippen LogP) is 2.27. The van der Waals surface area contributed by atoms with Crippen molar-refractivity contribution in [2.75, 3.05) is 13.7 Å². The minimum absolute atomic E-state index is 0.174. The molecule has 0 aromatic heterocycles. The van der Waals surface area contributed by atoms with Crippen molar-refractivity contribution in [3.63, 3.8) is 0 Å². The Bertz CT molecular complexity index is 543. The number of hydrogen-bond donors (Lipinski definition) is 2. The van der Waals surface area contributed by atoms with Crippen molar-refractivity contribution in [2.45, 2.75) is 12.7 Å². The van der Waals surface area contributed by atoms with E-state index in [0.717, 1.165) is 11.1 Å². The van der Waals surface area contributed by atoms with Crippen molar-refractivity contribution < 1.29 is 14.6 Å². The minimum atomic E-state index is -0.688. The van der Waals surface area contributed by atoms with Gasteiger partial charge in [-0.3, -0.25) is 0 Å². The molecule has 0 saturated carbocycles. The van der Waals surface area contributed by atoms with Crippen LogP contribution in [-0.2, 0) is 6.61 Å². The molecule has 0 amide bonds. The van der Waals surface area contributed by atoms with Gasteiger partial charge in [-0.1, -0.05) is 36.4 Å². The van der Waals surface area contributed by atoms with Crippen LogP contribution in [0.3, 0.4) is 0 Å². The van der Waals surface area contributed by atoms with Crippen molar-refractivity contribution in [2.24, 2.45) is 5.73 Å². The fraction of sp³-hybridized carbons (Fsp3) is 0.250. The van der Waals surface area contributed by atoms with E-state index in [9.17, 15) is 5.11 Å². The molecule has 2 aromatic carbocycles. The molecule has 0 aliphatic carbocycles. The standard InChI is InChI=1S/C16H19NO3/c1-19-16-9-13(14(18)10-17)7-8-15(16)20-11-12-5-3-2-4-6-12/h2-9,14,18H,10-11,17H2,1H3. The first-order chi connectivity index (χ1) is 9.74. The summed E-state index contributed by atoms with van der Waals surface area (Å²) in [7, 11) is 1.57. The highest BCUT2D eigenvalue weighted by Crippen LogP contribution is 2.30. The van der Waals surface area contributed by atoms with E-state index in [1.54, 1.807) is 25.3 Å². The number of aliphatic hydroxyl groups excluding tert-OH is 1. The van der Waals surface area contributed by atoms with Gasteiger partial charge in [0, 0.05) is 6.54 Å². The number of rotatable bonds is 6. The lowest BCUT2D eigenvalue weighted by atomic mass is 10.1. The van der Waals surface area contributed by atoms with Gasteiger partial charge in [-0.05, 0) is 23.3 Å². The Morgan fingerprint density at radius 3 is 2.50 bits per heavy atom. The van der Waals surface area contributed by atoms with E-state index in [2.05, 4.69) is 0 Å². The average molecular weight is 273 g/mol. The zero-order valence-electron chi connectivity index (χ0n) is 11.5. The molecule has 0 spiro atoms. The van der Waals surface area contributed by atoms with Gasteiger partial charge in [-0.25, -0.2) is 0 Å². The number of methoxy groups -OCH3 is 1. The van der Waals surface area contributed by atoms with Gasteiger partial charge in [0.15, 0.2) is 11.5 Å². The summed E-state index contributed by atoms with van der Waals surface area (Å²) in [6.45, 7) is 0.642. The molecule has 1 atom stereocenters. The summed E-state index contributed by atoms with van der Waals surface area (Å²) < 4.78 is 11.0. The Morgan fingerprint density at radius 1 is 1.10 bits per heavy atom. The predicted molar refractivity (Wildman–Crippen MR) is 77.8 cm³/mol. The van der Waals surface area contributed by atoms with Crippen LogP contribution in [0.25, 0.3) is 0 Å². The van der Waals surface area contributed by atoms with E-state index < -0.39 is 6.10 Å². The number of aliphatic hydroxyl groups is 1. The quantitative estimate of drug-likeness (QED) is 0.847. The van der Waals surface area contributed by atoms with Crippen LogP contribution >= 0.6 is 0 Å². The maximum atomic E-state index is 9.73. The molecule has 106 valence electrons. The molecular weight excluding hydrogens is 254 g/mol. The van der Waals surface area contributed by atoms with Crippen molar-refractivity contribution >= 4 is 0 Å². The SMILES string of the molecule is COc1cc(C(O)CN)ccc1OCc1ccccc1. The first kappa shape index (κ1) is 14.4. The van der Waals surface area contributed by atoms with E-state index in [1.807, 2.05) is 30.3 Å². The average Bonchev–Trinajstić information content (AvgIpc) is 2.53. The maximum absolute atomic E-state index is 9.73. The number of hydrogen-bond acceptors (Lipinski definition) is 4. The Labute approximate surface area is 118 Å². The fourth-order valence-corrected chi connectivity index (χ4v) is 1.88. The Balaban J connectivity index is 2.11. The lowest BCUT2D eigenvalue weighted by Crippen LogP contribution is -2.11. The summed E-state index contributed by atoms with van der Waals surface area (Å²) in [5, 5.41) is 9.73. The molecule has 0 heterocycles. The molecule has 0 aliphatic heterocycles. The van der Waals surface area contributed by atoms with Gasteiger partial charge >= 0.3 is 0 Å². The second-order valence-corrected chi connectivity index (χ2v) is 4.44.